The van der Waals surface area contributed by atoms with Gasteiger partial charge in [0.1, 0.15) is 5.75 Å². The summed E-state index contributed by atoms with van der Waals surface area (Å²) < 4.78 is 33.4. The lowest BCUT2D eigenvalue weighted by Gasteiger charge is -2.18. The molecule has 2 rings (SSSR count). The van der Waals surface area contributed by atoms with E-state index in [9.17, 15) is 8.78 Å². The van der Waals surface area contributed by atoms with E-state index in [4.69, 9.17) is 4.74 Å². The van der Waals surface area contributed by atoms with E-state index >= 15 is 0 Å². The molecular formula is C16H15BrF2O. The Morgan fingerprint density at radius 3 is 2.45 bits per heavy atom. The first-order valence-electron chi connectivity index (χ1n) is 6.24. The van der Waals surface area contributed by atoms with Gasteiger partial charge in [0.05, 0.1) is 0 Å². The van der Waals surface area contributed by atoms with Crippen molar-refractivity contribution in [3.63, 3.8) is 0 Å². The quantitative estimate of drug-likeness (QED) is 0.691. The first-order chi connectivity index (χ1) is 9.53. The number of ether oxygens (including phenoxy) is 1. The van der Waals surface area contributed by atoms with Gasteiger partial charge in [-0.25, -0.2) is 0 Å². The van der Waals surface area contributed by atoms with Crippen LogP contribution < -0.4 is 4.74 Å². The maximum absolute atomic E-state index is 14.0. The third-order valence-electron chi connectivity index (χ3n) is 2.97. The van der Waals surface area contributed by atoms with Crippen LogP contribution in [0.5, 0.6) is 5.75 Å². The fourth-order valence-corrected chi connectivity index (χ4v) is 2.33. The van der Waals surface area contributed by atoms with Crippen molar-refractivity contribution >= 4 is 15.9 Å². The molecule has 2 aromatic carbocycles. The van der Waals surface area contributed by atoms with Crippen LogP contribution in [0.2, 0.25) is 0 Å². The largest absolute Gasteiger partial charge is 0.487 e. The van der Waals surface area contributed by atoms with Crippen LogP contribution in [0.4, 0.5) is 8.78 Å². The van der Waals surface area contributed by atoms with Crippen LogP contribution in [0.3, 0.4) is 0 Å². The van der Waals surface area contributed by atoms with Crippen molar-refractivity contribution in [2.75, 3.05) is 6.61 Å². The Kier molecular flexibility index (Phi) is 4.76. The van der Waals surface area contributed by atoms with E-state index in [1.165, 1.54) is 12.1 Å². The van der Waals surface area contributed by atoms with Crippen LogP contribution in [0, 0.1) is 6.92 Å². The standard InChI is InChI=1S/C16H15BrF2O/c1-12-7-8-15(13(9-12)10-17)20-11-16(18,19)14-5-3-2-4-6-14/h2-9H,10-11H2,1H3. The van der Waals surface area contributed by atoms with Gasteiger partial charge in [-0.2, -0.15) is 8.78 Å². The van der Waals surface area contributed by atoms with E-state index in [1.807, 2.05) is 19.1 Å². The van der Waals surface area contributed by atoms with Crippen molar-refractivity contribution in [2.24, 2.45) is 0 Å². The summed E-state index contributed by atoms with van der Waals surface area (Å²) in [7, 11) is 0. The summed E-state index contributed by atoms with van der Waals surface area (Å²) in [6.07, 6.45) is 0. The minimum Gasteiger partial charge on any atom is -0.487 e. The van der Waals surface area contributed by atoms with Crippen LogP contribution in [0.1, 0.15) is 16.7 Å². The molecule has 0 amide bonds. The minimum absolute atomic E-state index is 0.0347. The summed E-state index contributed by atoms with van der Waals surface area (Å²) in [5.41, 5.74) is 1.91. The normalized spacial score (nSPS) is 11.4. The molecule has 0 bridgehead atoms. The maximum atomic E-state index is 14.0. The fourth-order valence-electron chi connectivity index (χ4n) is 1.89. The second kappa shape index (κ2) is 6.35. The summed E-state index contributed by atoms with van der Waals surface area (Å²) in [5.74, 6) is -2.52. The summed E-state index contributed by atoms with van der Waals surface area (Å²) in [6.45, 7) is 1.29. The number of halogens is 3. The van der Waals surface area contributed by atoms with E-state index < -0.39 is 12.5 Å². The highest BCUT2D eigenvalue weighted by Crippen LogP contribution is 2.30. The van der Waals surface area contributed by atoms with Gasteiger partial charge < -0.3 is 4.74 Å². The molecule has 106 valence electrons. The van der Waals surface area contributed by atoms with E-state index in [0.29, 0.717) is 11.1 Å². The summed E-state index contributed by atoms with van der Waals surface area (Å²) in [5, 5.41) is 0.570. The second-order valence-electron chi connectivity index (χ2n) is 4.60. The predicted octanol–water partition coefficient (Wildman–Crippen LogP) is 5.06. The lowest BCUT2D eigenvalue weighted by molar-refractivity contribution is -0.0468. The molecule has 0 aliphatic carbocycles. The molecule has 1 nitrogen and oxygen atoms in total. The van der Waals surface area contributed by atoms with Crippen LogP contribution in [-0.2, 0) is 11.3 Å². The lowest BCUT2D eigenvalue weighted by Crippen LogP contribution is -2.23. The summed E-state index contributed by atoms with van der Waals surface area (Å²) in [4.78, 5) is 0. The fraction of sp³-hybridized carbons (Fsp3) is 0.250. The summed E-state index contributed by atoms with van der Waals surface area (Å²) >= 11 is 3.34. The molecule has 0 saturated heterocycles. The maximum Gasteiger partial charge on any atom is 0.306 e. The Bertz CT molecular complexity index is 570. The summed E-state index contributed by atoms with van der Waals surface area (Å²) in [6, 6.07) is 13.2. The number of benzene rings is 2. The molecule has 0 aliphatic heterocycles. The Morgan fingerprint density at radius 1 is 1.10 bits per heavy atom. The zero-order valence-electron chi connectivity index (χ0n) is 11.1. The predicted molar refractivity (Wildman–Crippen MR) is 79.6 cm³/mol. The molecule has 0 heterocycles. The minimum atomic E-state index is -3.00. The van der Waals surface area contributed by atoms with Gasteiger partial charge in [0.15, 0.2) is 6.61 Å². The zero-order valence-corrected chi connectivity index (χ0v) is 12.7. The average Bonchev–Trinajstić information content (AvgIpc) is 2.46. The lowest BCUT2D eigenvalue weighted by atomic mass is 10.1. The molecule has 0 aliphatic rings. The highest BCUT2D eigenvalue weighted by atomic mass is 79.9. The van der Waals surface area contributed by atoms with Gasteiger partial charge in [0.2, 0.25) is 0 Å². The van der Waals surface area contributed by atoms with Crippen molar-refractivity contribution in [3.05, 3.63) is 65.2 Å². The molecule has 2 aromatic rings. The first-order valence-corrected chi connectivity index (χ1v) is 7.37. The van der Waals surface area contributed by atoms with Crippen LogP contribution in [-0.4, -0.2) is 6.61 Å². The van der Waals surface area contributed by atoms with Crippen molar-refractivity contribution in [1.29, 1.82) is 0 Å². The highest BCUT2D eigenvalue weighted by molar-refractivity contribution is 9.08. The number of aryl methyl sites for hydroxylation is 1. The third kappa shape index (κ3) is 3.57. The van der Waals surface area contributed by atoms with Gasteiger partial charge in [0.25, 0.3) is 0 Å². The van der Waals surface area contributed by atoms with Gasteiger partial charge in [-0.3, -0.25) is 0 Å². The molecule has 0 fully saturated rings. The Hall–Kier alpha value is -1.42. The molecule has 0 atom stereocenters. The number of alkyl halides is 3. The molecule has 0 unspecified atom stereocenters. The van der Waals surface area contributed by atoms with Gasteiger partial charge in [-0.1, -0.05) is 64.0 Å². The monoisotopic (exact) mass is 340 g/mol. The van der Waals surface area contributed by atoms with Crippen molar-refractivity contribution < 1.29 is 13.5 Å². The SMILES string of the molecule is Cc1ccc(OCC(F)(F)c2ccccc2)c(CBr)c1. The molecule has 4 heteroatoms. The Balaban J connectivity index is 2.12. The van der Waals surface area contributed by atoms with Gasteiger partial charge >= 0.3 is 5.92 Å². The van der Waals surface area contributed by atoms with E-state index in [-0.39, 0.29) is 5.56 Å². The average molecular weight is 341 g/mol. The van der Waals surface area contributed by atoms with Crippen LogP contribution in [0.15, 0.2) is 48.5 Å². The number of rotatable bonds is 5. The van der Waals surface area contributed by atoms with Gasteiger partial charge in [0, 0.05) is 16.5 Å². The highest BCUT2D eigenvalue weighted by Gasteiger charge is 2.32. The van der Waals surface area contributed by atoms with E-state index in [1.54, 1.807) is 24.3 Å². The molecule has 0 N–H and O–H groups in total. The van der Waals surface area contributed by atoms with Crippen LogP contribution >= 0.6 is 15.9 Å². The third-order valence-corrected chi connectivity index (χ3v) is 3.57. The van der Waals surface area contributed by atoms with Crippen molar-refractivity contribution in [1.82, 2.24) is 0 Å². The number of hydrogen-bond acceptors (Lipinski definition) is 1. The number of hydrogen-bond donors (Lipinski definition) is 0. The van der Waals surface area contributed by atoms with Gasteiger partial charge in [-0.15, -0.1) is 0 Å². The molecule has 0 spiro atoms. The van der Waals surface area contributed by atoms with Crippen LogP contribution in [0.25, 0.3) is 0 Å². The van der Waals surface area contributed by atoms with Crippen molar-refractivity contribution in [3.8, 4) is 5.75 Å². The molecule has 0 radical (unpaired) electrons. The topological polar surface area (TPSA) is 9.23 Å². The zero-order chi connectivity index (χ0) is 14.6. The molecule has 0 saturated carbocycles. The second-order valence-corrected chi connectivity index (χ2v) is 5.16. The molecule has 0 aromatic heterocycles. The van der Waals surface area contributed by atoms with E-state index in [2.05, 4.69) is 15.9 Å². The van der Waals surface area contributed by atoms with Crippen molar-refractivity contribution in [2.45, 2.75) is 18.2 Å². The Labute approximate surface area is 125 Å². The Morgan fingerprint density at radius 2 is 1.80 bits per heavy atom. The van der Waals surface area contributed by atoms with E-state index in [0.717, 1.165) is 11.1 Å². The smallest absolute Gasteiger partial charge is 0.306 e. The molecular weight excluding hydrogens is 326 g/mol. The molecule has 20 heavy (non-hydrogen) atoms. The first kappa shape index (κ1) is 15.0. The van der Waals surface area contributed by atoms with Gasteiger partial charge in [-0.05, 0) is 13.0 Å².